The van der Waals surface area contributed by atoms with E-state index in [9.17, 15) is 9.18 Å². The van der Waals surface area contributed by atoms with Crippen LogP contribution < -0.4 is 5.73 Å². The first-order valence-electron chi connectivity index (χ1n) is 7.47. The van der Waals surface area contributed by atoms with Crippen molar-refractivity contribution in [1.82, 2.24) is 9.47 Å². The summed E-state index contributed by atoms with van der Waals surface area (Å²) in [6.45, 7) is 5.11. The highest BCUT2D eigenvalue weighted by atomic mass is 35.5. The number of carbonyl (C=O) groups excluding carboxylic acids is 1. The molecule has 2 aromatic rings. The van der Waals surface area contributed by atoms with Gasteiger partial charge in [0.15, 0.2) is 0 Å². The number of halogens is 2. The van der Waals surface area contributed by atoms with Crippen molar-refractivity contribution < 1.29 is 9.18 Å². The molecule has 2 N–H and O–H groups in total. The second-order valence-electron chi connectivity index (χ2n) is 5.90. The van der Waals surface area contributed by atoms with Crippen LogP contribution in [0.3, 0.4) is 0 Å². The average molecular weight is 338 g/mol. The Labute approximate surface area is 141 Å². The lowest BCUT2D eigenvalue weighted by Gasteiger charge is -2.16. The second-order valence-corrected chi connectivity index (χ2v) is 5.90. The number of likely N-dealkylation sites (tertiary alicyclic amines) is 1. The van der Waals surface area contributed by atoms with Gasteiger partial charge >= 0.3 is 0 Å². The van der Waals surface area contributed by atoms with Gasteiger partial charge in [0.1, 0.15) is 5.82 Å². The van der Waals surface area contributed by atoms with Crippen molar-refractivity contribution in [3.05, 3.63) is 53.1 Å². The lowest BCUT2D eigenvalue weighted by atomic mass is 10.2. The van der Waals surface area contributed by atoms with E-state index in [4.69, 9.17) is 5.73 Å². The number of amides is 1. The van der Waals surface area contributed by atoms with Crippen molar-refractivity contribution in [1.29, 1.82) is 0 Å². The Kier molecular flexibility index (Phi) is 5.12. The number of nitrogens with zero attached hydrogens (tertiary/aromatic N) is 2. The highest BCUT2D eigenvalue weighted by Crippen LogP contribution is 2.23. The smallest absolute Gasteiger partial charge is 0.255 e. The van der Waals surface area contributed by atoms with E-state index in [1.807, 2.05) is 30.5 Å². The molecule has 2 heterocycles. The number of hydrogen-bond acceptors (Lipinski definition) is 2. The molecule has 0 saturated carbocycles. The summed E-state index contributed by atoms with van der Waals surface area (Å²) < 4.78 is 15.4. The Morgan fingerprint density at radius 3 is 2.65 bits per heavy atom. The van der Waals surface area contributed by atoms with E-state index in [0.29, 0.717) is 18.7 Å². The van der Waals surface area contributed by atoms with E-state index in [2.05, 4.69) is 0 Å². The molecule has 6 heteroatoms. The predicted molar refractivity (Wildman–Crippen MR) is 90.9 cm³/mol. The van der Waals surface area contributed by atoms with Crippen LogP contribution >= 0.6 is 12.4 Å². The number of carbonyl (C=O) groups is 1. The zero-order valence-electron chi connectivity index (χ0n) is 13.3. The van der Waals surface area contributed by atoms with Crippen molar-refractivity contribution in [2.24, 2.45) is 5.73 Å². The topological polar surface area (TPSA) is 51.3 Å². The quantitative estimate of drug-likeness (QED) is 0.916. The van der Waals surface area contributed by atoms with E-state index in [1.165, 1.54) is 12.1 Å². The van der Waals surface area contributed by atoms with Gasteiger partial charge in [0.2, 0.25) is 0 Å². The summed E-state index contributed by atoms with van der Waals surface area (Å²) in [5.41, 5.74) is 9.01. The molecule has 1 fully saturated rings. The number of hydrogen-bond donors (Lipinski definition) is 1. The fourth-order valence-corrected chi connectivity index (χ4v) is 3.13. The first-order valence-corrected chi connectivity index (χ1v) is 7.47. The average Bonchev–Trinajstić information content (AvgIpc) is 3.02. The fraction of sp³-hybridized carbons (Fsp3) is 0.353. The molecule has 4 nitrogen and oxygen atoms in total. The monoisotopic (exact) mass is 337 g/mol. The van der Waals surface area contributed by atoms with E-state index in [1.54, 1.807) is 11.0 Å². The van der Waals surface area contributed by atoms with Crippen LogP contribution in [-0.2, 0) is 0 Å². The highest BCUT2D eigenvalue weighted by Gasteiger charge is 2.27. The van der Waals surface area contributed by atoms with Crippen molar-refractivity contribution >= 4 is 18.3 Å². The third kappa shape index (κ3) is 3.26. The SMILES string of the molecule is Cc1cc(C(=O)N2CC[C@H](N)C2)c(C)n1-c1cccc(F)c1.Cl. The summed E-state index contributed by atoms with van der Waals surface area (Å²) in [7, 11) is 0. The summed E-state index contributed by atoms with van der Waals surface area (Å²) in [6, 6.07) is 8.32. The van der Waals surface area contributed by atoms with Gasteiger partial charge in [-0.1, -0.05) is 6.07 Å². The van der Waals surface area contributed by atoms with Crippen LogP contribution in [0.15, 0.2) is 30.3 Å². The molecule has 0 bridgehead atoms. The minimum atomic E-state index is -0.289. The molecule has 0 radical (unpaired) electrons. The first kappa shape index (κ1) is 17.5. The normalized spacial score (nSPS) is 17.2. The molecule has 1 atom stereocenters. The van der Waals surface area contributed by atoms with Crippen LogP contribution in [0.5, 0.6) is 0 Å². The molecule has 0 spiro atoms. The lowest BCUT2D eigenvalue weighted by Crippen LogP contribution is -2.32. The maximum Gasteiger partial charge on any atom is 0.255 e. The highest BCUT2D eigenvalue weighted by molar-refractivity contribution is 5.96. The van der Waals surface area contributed by atoms with Gasteiger partial charge in [-0.3, -0.25) is 4.79 Å². The van der Waals surface area contributed by atoms with Gasteiger partial charge in [0, 0.05) is 36.2 Å². The summed E-state index contributed by atoms with van der Waals surface area (Å²) in [6.07, 6.45) is 0.842. The molecule has 0 unspecified atom stereocenters. The fourth-order valence-electron chi connectivity index (χ4n) is 3.13. The Balaban J connectivity index is 0.00000192. The van der Waals surface area contributed by atoms with Gasteiger partial charge in [0.25, 0.3) is 5.91 Å². The molecule has 1 amide bonds. The minimum Gasteiger partial charge on any atom is -0.337 e. The molecule has 23 heavy (non-hydrogen) atoms. The molecule has 1 aliphatic rings. The van der Waals surface area contributed by atoms with Gasteiger partial charge in [-0.25, -0.2) is 4.39 Å². The van der Waals surface area contributed by atoms with Crippen LogP contribution in [0, 0.1) is 19.7 Å². The molecule has 1 aromatic heterocycles. The van der Waals surface area contributed by atoms with Gasteiger partial charge in [0.05, 0.1) is 5.56 Å². The largest absolute Gasteiger partial charge is 0.337 e. The maximum absolute atomic E-state index is 13.5. The van der Waals surface area contributed by atoms with Gasteiger partial charge in [-0.05, 0) is 44.5 Å². The standard InChI is InChI=1S/C17H20FN3O.ClH/c1-11-8-16(17(22)20-7-6-14(19)10-20)12(2)21(11)15-5-3-4-13(18)9-15;/h3-5,8-9,14H,6-7,10,19H2,1-2H3;1H/t14-;/m0./s1. The Morgan fingerprint density at radius 2 is 2.04 bits per heavy atom. The Bertz CT molecular complexity index is 729. The number of rotatable bonds is 2. The van der Waals surface area contributed by atoms with Crippen molar-refractivity contribution in [3.8, 4) is 5.69 Å². The van der Waals surface area contributed by atoms with Crippen molar-refractivity contribution in [3.63, 3.8) is 0 Å². The molecule has 124 valence electrons. The Hall–Kier alpha value is -1.85. The van der Waals surface area contributed by atoms with Crippen LogP contribution in [0.2, 0.25) is 0 Å². The van der Waals surface area contributed by atoms with Crippen LogP contribution in [-0.4, -0.2) is 34.5 Å². The number of benzene rings is 1. The van der Waals surface area contributed by atoms with Crippen molar-refractivity contribution in [2.75, 3.05) is 13.1 Å². The van der Waals surface area contributed by atoms with Gasteiger partial charge in [-0.2, -0.15) is 0 Å². The maximum atomic E-state index is 13.5. The van der Waals surface area contributed by atoms with Crippen molar-refractivity contribution in [2.45, 2.75) is 26.3 Å². The molecular weight excluding hydrogens is 317 g/mol. The number of aromatic nitrogens is 1. The molecule has 1 saturated heterocycles. The van der Waals surface area contributed by atoms with E-state index in [0.717, 1.165) is 23.5 Å². The summed E-state index contributed by atoms with van der Waals surface area (Å²) >= 11 is 0. The third-order valence-corrected chi connectivity index (χ3v) is 4.24. The summed E-state index contributed by atoms with van der Waals surface area (Å²) in [5, 5.41) is 0. The minimum absolute atomic E-state index is 0. The first-order chi connectivity index (χ1) is 10.5. The van der Waals surface area contributed by atoms with Crippen LogP contribution in [0.1, 0.15) is 28.2 Å². The molecule has 1 aromatic carbocycles. The second kappa shape index (κ2) is 6.72. The number of nitrogens with two attached hydrogens (primary N) is 1. The number of aryl methyl sites for hydroxylation is 1. The zero-order chi connectivity index (χ0) is 15.9. The summed E-state index contributed by atoms with van der Waals surface area (Å²) in [5.74, 6) is -0.285. The van der Waals surface area contributed by atoms with E-state index in [-0.39, 0.29) is 30.2 Å². The molecule has 1 aliphatic heterocycles. The van der Waals surface area contributed by atoms with Gasteiger partial charge in [-0.15, -0.1) is 12.4 Å². The summed E-state index contributed by atoms with van der Waals surface area (Å²) in [4.78, 5) is 14.5. The van der Waals surface area contributed by atoms with Crippen LogP contribution in [0.25, 0.3) is 5.69 Å². The zero-order valence-corrected chi connectivity index (χ0v) is 14.1. The van der Waals surface area contributed by atoms with Gasteiger partial charge < -0.3 is 15.2 Å². The van der Waals surface area contributed by atoms with Crippen LogP contribution in [0.4, 0.5) is 4.39 Å². The predicted octanol–water partition coefficient (Wildman–Crippen LogP) is 2.83. The molecular formula is C17H21ClFN3O. The Morgan fingerprint density at radius 1 is 1.30 bits per heavy atom. The molecule has 3 rings (SSSR count). The van der Waals surface area contributed by atoms with E-state index < -0.39 is 0 Å². The third-order valence-electron chi connectivity index (χ3n) is 4.24. The van der Waals surface area contributed by atoms with E-state index >= 15 is 0 Å². The lowest BCUT2D eigenvalue weighted by molar-refractivity contribution is 0.0790. The molecule has 0 aliphatic carbocycles.